The first-order valence-corrected chi connectivity index (χ1v) is 15.5. The highest BCUT2D eigenvalue weighted by Gasteiger charge is 2.38. The summed E-state index contributed by atoms with van der Waals surface area (Å²) in [5.74, 6) is -3.20. The number of hydrogen-bond acceptors (Lipinski definition) is 8. The van der Waals surface area contributed by atoms with E-state index in [9.17, 15) is 28.8 Å². The molecule has 15 nitrogen and oxygen atoms in total. The van der Waals surface area contributed by atoms with Crippen molar-refractivity contribution < 1.29 is 28.8 Å². The topological polar surface area (TPSA) is 211 Å². The number of rotatable bonds is 7. The molecule has 0 spiro atoms. The smallest absolute Gasteiger partial charge is 0.243 e. The molecular formula is C29H47N9O6. The Kier molecular flexibility index (Phi) is 12.6. The molecule has 3 rings (SSSR count). The minimum absolute atomic E-state index is 0.0729. The lowest BCUT2D eigenvalue weighted by Crippen LogP contribution is -2.59. The third-order valence-corrected chi connectivity index (χ3v) is 8.27. The van der Waals surface area contributed by atoms with E-state index in [0.717, 1.165) is 5.69 Å². The first-order chi connectivity index (χ1) is 20.9. The number of fused-ring (bicyclic) bond motifs is 2. The zero-order chi connectivity index (χ0) is 32.4. The fourth-order valence-electron chi connectivity index (χ4n) is 5.52. The molecule has 1 fully saturated rings. The lowest BCUT2D eigenvalue weighted by Gasteiger charge is -2.30. The molecule has 44 heavy (non-hydrogen) atoms. The van der Waals surface area contributed by atoms with Crippen molar-refractivity contribution in [2.75, 3.05) is 13.1 Å². The van der Waals surface area contributed by atoms with Crippen LogP contribution in [0.1, 0.15) is 78.3 Å². The van der Waals surface area contributed by atoms with Gasteiger partial charge in [0.2, 0.25) is 35.4 Å². The quantitative estimate of drug-likeness (QED) is 0.259. The van der Waals surface area contributed by atoms with Crippen LogP contribution >= 0.6 is 0 Å². The maximum Gasteiger partial charge on any atom is 0.243 e. The second kappa shape index (κ2) is 16.1. The Labute approximate surface area is 257 Å². The first kappa shape index (κ1) is 34.5. The van der Waals surface area contributed by atoms with E-state index < -0.39 is 47.8 Å². The molecule has 0 saturated carbocycles. The number of amides is 6. The molecule has 0 bridgehead atoms. The van der Waals surface area contributed by atoms with Gasteiger partial charge in [-0.25, -0.2) is 4.68 Å². The van der Waals surface area contributed by atoms with Crippen LogP contribution < -0.4 is 27.0 Å². The molecule has 244 valence electrons. The van der Waals surface area contributed by atoms with E-state index in [1.165, 1.54) is 4.90 Å². The van der Waals surface area contributed by atoms with Crippen molar-refractivity contribution in [3.8, 4) is 0 Å². The Balaban J connectivity index is 1.92. The SMILES string of the molecule is CC[C@H](C)[C@@H]1NC(=O)[C@@H]2CCCN2C(=O)CNC(=O)CCCc2cnnn2CC[C@@H](C(=O)N[C@@H](CC(C)C)C(N)=O)NC1=O. The van der Waals surface area contributed by atoms with Crippen LogP contribution in [0.2, 0.25) is 0 Å². The standard InChI is InChI=1S/C29H47N9O6/c1-5-18(4)25-29(44)33-20(27(42)34-21(26(30)41)14-17(2)3)11-13-38-19(15-32-36-38)8-6-10-23(39)31-16-24(40)37-12-7-9-22(37)28(43)35-25/h15,17-18,20-22,25H,5-14,16H2,1-4H3,(H2,30,41)(H,31,39)(H,33,44)(H,34,42)(H,35,43)/t18-,20-,21-,22-,25-/m0/s1. The second-order valence-corrected chi connectivity index (χ2v) is 12.1. The van der Waals surface area contributed by atoms with Gasteiger partial charge in [-0.15, -0.1) is 5.10 Å². The van der Waals surface area contributed by atoms with Gasteiger partial charge in [-0.05, 0) is 50.4 Å². The van der Waals surface area contributed by atoms with Gasteiger partial charge in [-0.1, -0.05) is 39.3 Å². The highest BCUT2D eigenvalue weighted by atomic mass is 16.2. The van der Waals surface area contributed by atoms with Crippen LogP contribution in [0.4, 0.5) is 0 Å². The molecule has 0 unspecified atom stereocenters. The predicted molar refractivity (Wildman–Crippen MR) is 159 cm³/mol. The molecule has 2 aliphatic rings. The largest absolute Gasteiger partial charge is 0.368 e. The second-order valence-electron chi connectivity index (χ2n) is 12.1. The van der Waals surface area contributed by atoms with E-state index in [0.29, 0.717) is 45.1 Å². The van der Waals surface area contributed by atoms with Crippen molar-refractivity contribution in [2.24, 2.45) is 17.6 Å². The maximum atomic E-state index is 13.7. The Hall–Kier alpha value is -4.04. The number of carbonyl (C=O) groups excluding carboxylic acids is 6. The van der Waals surface area contributed by atoms with E-state index in [-0.39, 0.29) is 49.6 Å². The van der Waals surface area contributed by atoms with Crippen molar-refractivity contribution in [1.29, 1.82) is 0 Å². The van der Waals surface area contributed by atoms with E-state index in [1.54, 1.807) is 10.9 Å². The first-order valence-electron chi connectivity index (χ1n) is 15.5. The maximum absolute atomic E-state index is 13.7. The highest BCUT2D eigenvalue weighted by Crippen LogP contribution is 2.19. The average Bonchev–Trinajstić information content (AvgIpc) is 3.65. The summed E-state index contributed by atoms with van der Waals surface area (Å²) in [6, 6.07) is -3.79. The van der Waals surface area contributed by atoms with Crippen LogP contribution in [-0.4, -0.2) is 92.6 Å². The summed E-state index contributed by atoms with van der Waals surface area (Å²) >= 11 is 0. The number of nitrogens with one attached hydrogen (secondary N) is 4. The Morgan fingerprint density at radius 3 is 2.48 bits per heavy atom. The molecule has 1 saturated heterocycles. The third-order valence-electron chi connectivity index (χ3n) is 8.27. The third kappa shape index (κ3) is 9.48. The fourth-order valence-corrected chi connectivity index (χ4v) is 5.52. The van der Waals surface area contributed by atoms with E-state index in [4.69, 9.17) is 5.73 Å². The zero-order valence-corrected chi connectivity index (χ0v) is 26.1. The Morgan fingerprint density at radius 1 is 1.05 bits per heavy atom. The molecule has 0 aliphatic carbocycles. The average molecular weight is 618 g/mol. The molecule has 6 amide bonds. The molecule has 1 aromatic heterocycles. The van der Waals surface area contributed by atoms with Gasteiger partial charge >= 0.3 is 0 Å². The number of aromatic nitrogens is 3. The van der Waals surface area contributed by atoms with Crippen molar-refractivity contribution in [2.45, 2.75) is 110 Å². The lowest BCUT2D eigenvalue weighted by molar-refractivity contribution is -0.140. The molecule has 6 N–H and O–H groups in total. The highest BCUT2D eigenvalue weighted by molar-refractivity contribution is 5.96. The minimum Gasteiger partial charge on any atom is -0.368 e. The van der Waals surface area contributed by atoms with Gasteiger partial charge in [-0.3, -0.25) is 28.8 Å². The summed E-state index contributed by atoms with van der Waals surface area (Å²) in [6.07, 6.45) is 4.70. The predicted octanol–water partition coefficient (Wildman–Crippen LogP) is -0.856. The summed E-state index contributed by atoms with van der Waals surface area (Å²) in [6.45, 7) is 7.84. The van der Waals surface area contributed by atoms with Crippen LogP contribution in [0.25, 0.3) is 0 Å². The number of aryl methyl sites for hydroxylation is 2. The molecule has 2 aliphatic heterocycles. The van der Waals surface area contributed by atoms with Crippen LogP contribution in [0.5, 0.6) is 0 Å². The van der Waals surface area contributed by atoms with E-state index >= 15 is 0 Å². The Morgan fingerprint density at radius 2 is 1.80 bits per heavy atom. The number of nitrogens with zero attached hydrogens (tertiary/aromatic N) is 4. The summed E-state index contributed by atoms with van der Waals surface area (Å²) in [5.41, 5.74) is 6.30. The van der Waals surface area contributed by atoms with Gasteiger partial charge < -0.3 is 31.9 Å². The molecular weight excluding hydrogens is 570 g/mol. The van der Waals surface area contributed by atoms with E-state index in [1.807, 2.05) is 27.7 Å². The van der Waals surface area contributed by atoms with Crippen molar-refractivity contribution in [3.05, 3.63) is 11.9 Å². The summed E-state index contributed by atoms with van der Waals surface area (Å²) in [4.78, 5) is 79.7. The monoisotopic (exact) mass is 617 g/mol. The van der Waals surface area contributed by atoms with Crippen LogP contribution in [-0.2, 0) is 41.7 Å². The summed E-state index contributed by atoms with van der Waals surface area (Å²) in [5, 5.41) is 19.0. The lowest BCUT2D eigenvalue weighted by atomic mass is 9.97. The van der Waals surface area contributed by atoms with Gasteiger partial charge in [0.15, 0.2) is 0 Å². The Bertz CT molecular complexity index is 1200. The fraction of sp³-hybridized carbons (Fsp3) is 0.724. The van der Waals surface area contributed by atoms with Gasteiger partial charge in [0.25, 0.3) is 0 Å². The van der Waals surface area contributed by atoms with Crippen LogP contribution in [0.3, 0.4) is 0 Å². The van der Waals surface area contributed by atoms with Gasteiger partial charge in [-0.2, -0.15) is 0 Å². The van der Waals surface area contributed by atoms with Crippen molar-refractivity contribution >= 4 is 35.4 Å². The van der Waals surface area contributed by atoms with Gasteiger partial charge in [0, 0.05) is 19.5 Å². The van der Waals surface area contributed by atoms with E-state index in [2.05, 4.69) is 31.6 Å². The molecule has 5 atom stereocenters. The number of nitrogens with two attached hydrogens (primary N) is 1. The number of hydrogen-bond donors (Lipinski definition) is 5. The van der Waals surface area contributed by atoms with Crippen molar-refractivity contribution in [1.82, 2.24) is 41.2 Å². The zero-order valence-electron chi connectivity index (χ0n) is 26.1. The van der Waals surface area contributed by atoms with Crippen LogP contribution in [0.15, 0.2) is 6.20 Å². The molecule has 15 heteroatoms. The normalized spacial score (nSPS) is 24.0. The molecule has 3 heterocycles. The minimum atomic E-state index is -1.09. The molecule has 1 aromatic rings. The van der Waals surface area contributed by atoms with Gasteiger partial charge in [0.05, 0.1) is 18.4 Å². The number of carbonyl (C=O) groups is 6. The molecule has 0 aromatic carbocycles. The van der Waals surface area contributed by atoms with Gasteiger partial charge in [0.1, 0.15) is 24.2 Å². The summed E-state index contributed by atoms with van der Waals surface area (Å²) < 4.78 is 1.60. The van der Waals surface area contributed by atoms with Crippen molar-refractivity contribution in [3.63, 3.8) is 0 Å². The molecule has 0 radical (unpaired) electrons. The number of primary amides is 1. The summed E-state index contributed by atoms with van der Waals surface area (Å²) in [7, 11) is 0. The van der Waals surface area contributed by atoms with Crippen LogP contribution in [0, 0.1) is 11.8 Å².